The lowest BCUT2D eigenvalue weighted by Crippen LogP contribution is -2.55. The Morgan fingerprint density at radius 3 is 2.21 bits per heavy atom. The van der Waals surface area contributed by atoms with E-state index in [2.05, 4.69) is 5.32 Å². The predicted octanol–water partition coefficient (Wildman–Crippen LogP) is 1.48. The van der Waals surface area contributed by atoms with E-state index in [1.165, 1.54) is 12.8 Å². The average Bonchev–Trinajstić information content (AvgIpc) is 2.62. The molecular formula is C22H28N2O4. The monoisotopic (exact) mass is 384 g/mol. The minimum absolute atomic E-state index is 0.000227. The number of Topliss-reactive ketones (excluding diaryl/α,β-unsaturated/α-hetero) is 1. The van der Waals surface area contributed by atoms with Gasteiger partial charge in [0.05, 0.1) is 5.60 Å². The van der Waals surface area contributed by atoms with E-state index in [0.29, 0.717) is 36.6 Å². The molecule has 4 N–H and O–H groups in total. The van der Waals surface area contributed by atoms with E-state index in [1.54, 1.807) is 12.1 Å². The molecule has 5 rings (SSSR count). The quantitative estimate of drug-likeness (QED) is 0.619. The number of rotatable bonds is 7. The van der Waals surface area contributed by atoms with Crippen LogP contribution in [0.1, 0.15) is 49.7 Å². The Bertz CT molecular complexity index is 772. The molecule has 4 aliphatic rings. The summed E-state index contributed by atoms with van der Waals surface area (Å²) < 4.78 is 0. The third-order valence-corrected chi connectivity index (χ3v) is 7.01. The first-order valence-corrected chi connectivity index (χ1v) is 10.2. The molecule has 0 aliphatic heterocycles. The van der Waals surface area contributed by atoms with Crippen LogP contribution < -0.4 is 11.1 Å². The van der Waals surface area contributed by atoms with Gasteiger partial charge in [-0.2, -0.15) is 0 Å². The summed E-state index contributed by atoms with van der Waals surface area (Å²) in [4.78, 5) is 34.7. The zero-order valence-electron chi connectivity index (χ0n) is 16.0. The van der Waals surface area contributed by atoms with Gasteiger partial charge in [-0.3, -0.25) is 14.4 Å². The maximum absolute atomic E-state index is 12.5. The molecule has 4 fully saturated rings. The minimum atomic E-state index is -0.923. The average molecular weight is 384 g/mol. The zero-order chi connectivity index (χ0) is 19.9. The van der Waals surface area contributed by atoms with Gasteiger partial charge in [0.2, 0.25) is 11.7 Å². The number of benzene rings is 1. The van der Waals surface area contributed by atoms with E-state index in [4.69, 9.17) is 5.73 Å². The van der Waals surface area contributed by atoms with Gasteiger partial charge in [0.25, 0.3) is 5.91 Å². The molecule has 2 amide bonds. The van der Waals surface area contributed by atoms with E-state index in [0.717, 1.165) is 30.4 Å². The van der Waals surface area contributed by atoms with Crippen molar-refractivity contribution in [2.24, 2.45) is 29.4 Å². The van der Waals surface area contributed by atoms with Gasteiger partial charge < -0.3 is 16.2 Å². The van der Waals surface area contributed by atoms with Crippen molar-refractivity contribution in [3.63, 3.8) is 0 Å². The van der Waals surface area contributed by atoms with Gasteiger partial charge in [-0.1, -0.05) is 24.3 Å². The Labute approximate surface area is 164 Å². The molecule has 28 heavy (non-hydrogen) atoms. The standard InChI is InChI=1S/C22H28N2O4/c23-21(27)19(25)7-13-1-3-14(4-2-13)12-24-20(26)8-18-16-5-15-6-17(18)11-22(28,9-15)10-16/h1-4,15-18,28H,5-12H2,(H2,23,27)(H,24,26). The highest BCUT2D eigenvalue weighted by Gasteiger charge is 2.54. The van der Waals surface area contributed by atoms with Crippen LogP contribution in [0.5, 0.6) is 0 Å². The van der Waals surface area contributed by atoms with Crippen LogP contribution in [-0.2, 0) is 27.3 Å². The SMILES string of the molecule is NC(=O)C(=O)Cc1ccc(CNC(=O)CC2C3CC4CC2CC(O)(C4)C3)cc1. The molecule has 4 aliphatic carbocycles. The number of amides is 2. The van der Waals surface area contributed by atoms with Crippen LogP contribution in [0.2, 0.25) is 0 Å². The summed E-state index contributed by atoms with van der Waals surface area (Å²) in [6.07, 6.45) is 5.57. The van der Waals surface area contributed by atoms with Crippen molar-refractivity contribution in [3.8, 4) is 0 Å². The van der Waals surface area contributed by atoms with E-state index < -0.39 is 17.3 Å². The number of carbonyl (C=O) groups excluding carboxylic acids is 3. The summed E-state index contributed by atoms with van der Waals surface area (Å²) >= 11 is 0. The molecule has 2 atom stereocenters. The Morgan fingerprint density at radius 2 is 1.64 bits per heavy atom. The van der Waals surface area contributed by atoms with Crippen molar-refractivity contribution in [1.82, 2.24) is 5.32 Å². The number of hydrogen-bond donors (Lipinski definition) is 3. The van der Waals surface area contributed by atoms with Crippen LogP contribution in [0.3, 0.4) is 0 Å². The lowest BCUT2D eigenvalue weighted by Gasteiger charge is -2.58. The summed E-state index contributed by atoms with van der Waals surface area (Å²) in [7, 11) is 0. The van der Waals surface area contributed by atoms with Crippen LogP contribution in [0.15, 0.2) is 24.3 Å². The fourth-order valence-electron chi connectivity index (χ4n) is 5.95. The Morgan fingerprint density at radius 1 is 1.04 bits per heavy atom. The van der Waals surface area contributed by atoms with Gasteiger partial charge in [-0.25, -0.2) is 0 Å². The van der Waals surface area contributed by atoms with Gasteiger partial charge in [0.15, 0.2) is 0 Å². The highest BCUT2D eigenvalue weighted by atomic mass is 16.3. The molecule has 1 aromatic rings. The number of hydrogen-bond acceptors (Lipinski definition) is 4. The van der Waals surface area contributed by atoms with Crippen LogP contribution in [0.4, 0.5) is 0 Å². The number of ketones is 1. The Hall–Kier alpha value is -2.21. The first-order valence-electron chi connectivity index (χ1n) is 10.2. The molecule has 0 spiro atoms. The van der Waals surface area contributed by atoms with E-state index in [1.807, 2.05) is 12.1 Å². The molecule has 4 saturated carbocycles. The van der Waals surface area contributed by atoms with Gasteiger partial charge in [0.1, 0.15) is 0 Å². The summed E-state index contributed by atoms with van der Waals surface area (Å²) in [5, 5.41) is 13.7. The first-order chi connectivity index (χ1) is 13.3. The van der Waals surface area contributed by atoms with Crippen molar-refractivity contribution in [1.29, 1.82) is 0 Å². The lowest BCUT2D eigenvalue weighted by atomic mass is 9.49. The highest BCUT2D eigenvalue weighted by Crippen LogP contribution is 2.58. The van der Waals surface area contributed by atoms with Crippen molar-refractivity contribution in [3.05, 3.63) is 35.4 Å². The van der Waals surface area contributed by atoms with Crippen LogP contribution in [-0.4, -0.2) is 28.3 Å². The molecule has 6 nitrogen and oxygen atoms in total. The maximum Gasteiger partial charge on any atom is 0.285 e. The van der Waals surface area contributed by atoms with Gasteiger partial charge in [-0.05, 0) is 66.9 Å². The molecule has 6 heteroatoms. The number of nitrogens with two attached hydrogens (primary N) is 1. The Kier molecular flexibility index (Phi) is 5.00. The molecule has 0 aromatic heterocycles. The summed E-state index contributed by atoms with van der Waals surface area (Å²) in [5.74, 6) is 0.570. The summed E-state index contributed by atoms with van der Waals surface area (Å²) in [5.41, 5.74) is 6.19. The Balaban J connectivity index is 1.27. The van der Waals surface area contributed by atoms with Crippen molar-refractivity contribution >= 4 is 17.6 Å². The fourth-order valence-corrected chi connectivity index (χ4v) is 5.95. The van der Waals surface area contributed by atoms with Crippen LogP contribution in [0.25, 0.3) is 0 Å². The maximum atomic E-state index is 12.5. The van der Waals surface area contributed by atoms with Gasteiger partial charge >= 0.3 is 0 Å². The molecule has 0 heterocycles. The summed E-state index contributed by atoms with van der Waals surface area (Å²) in [6.45, 7) is 0.442. The molecule has 2 unspecified atom stereocenters. The molecule has 0 saturated heterocycles. The number of carbonyl (C=O) groups is 3. The van der Waals surface area contributed by atoms with E-state index in [-0.39, 0.29) is 12.3 Å². The topological polar surface area (TPSA) is 109 Å². The summed E-state index contributed by atoms with van der Waals surface area (Å²) in [6, 6.07) is 7.26. The number of aliphatic hydroxyl groups is 1. The fraction of sp³-hybridized carbons (Fsp3) is 0.591. The molecule has 0 radical (unpaired) electrons. The highest BCUT2D eigenvalue weighted by molar-refractivity contribution is 6.35. The third kappa shape index (κ3) is 3.97. The molecule has 1 aromatic carbocycles. The largest absolute Gasteiger partial charge is 0.390 e. The predicted molar refractivity (Wildman–Crippen MR) is 103 cm³/mol. The second-order valence-corrected chi connectivity index (χ2v) is 9.12. The molecule has 4 bridgehead atoms. The van der Waals surface area contributed by atoms with E-state index in [9.17, 15) is 19.5 Å². The minimum Gasteiger partial charge on any atom is -0.390 e. The number of primary amides is 1. The zero-order valence-corrected chi connectivity index (χ0v) is 16.0. The van der Waals surface area contributed by atoms with Crippen molar-refractivity contribution in [2.45, 2.75) is 57.1 Å². The molecule has 150 valence electrons. The first kappa shape index (κ1) is 19.1. The lowest BCUT2D eigenvalue weighted by molar-refractivity contribution is -0.157. The smallest absolute Gasteiger partial charge is 0.285 e. The molecular weight excluding hydrogens is 356 g/mol. The van der Waals surface area contributed by atoms with Crippen molar-refractivity contribution < 1.29 is 19.5 Å². The van der Waals surface area contributed by atoms with E-state index >= 15 is 0 Å². The third-order valence-electron chi connectivity index (χ3n) is 7.01. The normalized spacial score (nSPS) is 32.9. The van der Waals surface area contributed by atoms with Crippen LogP contribution in [0, 0.1) is 23.7 Å². The van der Waals surface area contributed by atoms with Gasteiger partial charge in [-0.15, -0.1) is 0 Å². The van der Waals surface area contributed by atoms with Gasteiger partial charge in [0, 0.05) is 19.4 Å². The second kappa shape index (κ2) is 7.32. The van der Waals surface area contributed by atoms with Crippen LogP contribution >= 0.6 is 0 Å². The van der Waals surface area contributed by atoms with Crippen molar-refractivity contribution in [2.75, 3.05) is 0 Å². The second-order valence-electron chi connectivity index (χ2n) is 9.12. The number of nitrogens with one attached hydrogen (secondary N) is 1.